The molecular weight excluding hydrogens is 231 g/mol. The molecule has 2 saturated carbocycles. The second kappa shape index (κ2) is 4.84. The van der Waals surface area contributed by atoms with Crippen LogP contribution in [-0.4, -0.2) is 17.8 Å². The molecule has 0 spiro atoms. The van der Waals surface area contributed by atoms with E-state index in [0.717, 1.165) is 24.0 Å². The number of alkyl halides is 1. The van der Waals surface area contributed by atoms with E-state index in [4.69, 9.17) is 10.5 Å². The molecule has 18 heavy (non-hydrogen) atoms. The van der Waals surface area contributed by atoms with Gasteiger partial charge in [0.2, 0.25) is 5.88 Å². The van der Waals surface area contributed by atoms with Gasteiger partial charge in [-0.2, -0.15) is 0 Å². The molecule has 2 N–H and O–H groups in total. The van der Waals surface area contributed by atoms with Crippen LogP contribution < -0.4 is 10.5 Å². The van der Waals surface area contributed by atoms with Crippen molar-refractivity contribution in [2.75, 3.05) is 6.61 Å². The Labute approximate surface area is 107 Å². The highest BCUT2D eigenvalue weighted by atomic mass is 19.1. The quantitative estimate of drug-likeness (QED) is 0.844. The average molecular weight is 250 g/mol. The van der Waals surface area contributed by atoms with Crippen LogP contribution in [0.15, 0.2) is 12.3 Å². The van der Waals surface area contributed by atoms with Crippen LogP contribution in [0.1, 0.15) is 42.7 Å². The molecule has 0 aliphatic heterocycles. The minimum absolute atomic E-state index is 0.138. The van der Waals surface area contributed by atoms with E-state index in [-0.39, 0.29) is 12.5 Å². The third-order valence-corrected chi connectivity index (χ3v) is 3.70. The maximum Gasteiger partial charge on any atom is 0.216 e. The maximum absolute atomic E-state index is 13.6. The zero-order chi connectivity index (χ0) is 12.5. The van der Waals surface area contributed by atoms with Crippen LogP contribution in [0.2, 0.25) is 0 Å². The van der Waals surface area contributed by atoms with Crippen LogP contribution >= 0.6 is 0 Å². The molecule has 2 fully saturated rings. The minimum Gasteiger partial charge on any atom is -0.474 e. The summed E-state index contributed by atoms with van der Waals surface area (Å²) in [5.41, 5.74) is 7.75. The van der Waals surface area contributed by atoms with Crippen LogP contribution in [0.3, 0.4) is 0 Å². The van der Waals surface area contributed by atoms with Crippen molar-refractivity contribution < 1.29 is 9.13 Å². The molecule has 0 saturated heterocycles. The lowest BCUT2D eigenvalue weighted by molar-refractivity contribution is 0.171. The third-order valence-electron chi connectivity index (χ3n) is 3.70. The molecule has 1 aromatic heterocycles. The fourth-order valence-electron chi connectivity index (χ4n) is 2.19. The van der Waals surface area contributed by atoms with Crippen molar-refractivity contribution in [1.29, 1.82) is 0 Å². The van der Waals surface area contributed by atoms with Gasteiger partial charge in [0, 0.05) is 18.3 Å². The van der Waals surface area contributed by atoms with Crippen molar-refractivity contribution in [1.82, 2.24) is 4.98 Å². The Morgan fingerprint density at radius 1 is 1.39 bits per heavy atom. The molecule has 2 aliphatic carbocycles. The first kappa shape index (κ1) is 11.9. The molecule has 1 unspecified atom stereocenters. The molecule has 0 amide bonds. The Balaban J connectivity index is 1.69. The molecule has 1 heterocycles. The van der Waals surface area contributed by atoms with E-state index in [1.807, 2.05) is 0 Å². The van der Waals surface area contributed by atoms with Crippen LogP contribution in [0.5, 0.6) is 5.88 Å². The summed E-state index contributed by atoms with van der Waals surface area (Å²) in [6, 6.07) is 2.06. The number of halogens is 1. The average Bonchev–Trinajstić information content (AvgIpc) is 3.28. The number of nitrogens with two attached hydrogens (primary N) is 1. The van der Waals surface area contributed by atoms with Crippen molar-refractivity contribution in [2.24, 2.45) is 11.7 Å². The van der Waals surface area contributed by atoms with Gasteiger partial charge in [0.1, 0.15) is 12.8 Å². The molecule has 98 valence electrons. The highest BCUT2D eigenvalue weighted by molar-refractivity contribution is 5.35. The van der Waals surface area contributed by atoms with Crippen molar-refractivity contribution in [2.45, 2.75) is 44.3 Å². The van der Waals surface area contributed by atoms with Gasteiger partial charge >= 0.3 is 0 Å². The number of ether oxygens (including phenoxy) is 1. The monoisotopic (exact) mass is 250 g/mol. The second-order valence-electron chi connectivity index (χ2n) is 5.38. The molecule has 1 aromatic rings. The summed E-state index contributed by atoms with van der Waals surface area (Å²) < 4.78 is 19.2. The maximum atomic E-state index is 13.6. The molecule has 4 heteroatoms. The predicted molar refractivity (Wildman–Crippen MR) is 67.2 cm³/mol. The fraction of sp³-hybridized carbons (Fsp3) is 0.643. The molecular formula is C14H19FN2O. The minimum atomic E-state index is -0.840. The Morgan fingerprint density at radius 3 is 2.78 bits per heavy atom. The number of rotatable bonds is 6. The summed E-state index contributed by atoms with van der Waals surface area (Å²) in [5, 5.41) is 0. The van der Waals surface area contributed by atoms with E-state index in [0.29, 0.717) is 18.3 Å². The van der Waals surface area contributed by atoms with Gasteiger partial charge in [-0.1, -0.05) is 0 Å². The van der Waals surface area contributed by atoms with Crippen molar-refractivity contribution >= 4 is 0 Å². The zero-order valence-electron chi connectivity index (χ0n) is 10.4. The Morgan fingerprint density at radius 2 is 2.17 bits per heavy atom. The molecule has 2 aliphatic rings. The lowest BCUT2D eigenvalue weighted by Gasteiger charge is -2.13. The predicted octanol–water partition coefficient (Wildman–Crippen LogP) is 2.54. The molecule has 0 bridgehead atoms. The van der Waals surface area contributed by atoms with Crippen LogP contribution in [0.4, 0.5) is 4.39 Å². The molecule has 1 atom stereocenters. The first-order valence-electron chi connectivity index (χ1n) is 6.73. The Bertz CT molecular complexity index is 430. The highest BCUT2D eigenvalue weighted by Gasteiger charge is 2.33. The number of hydrogen-bond donors (Lipinski definition) is 1. The Kier molecular flexibility index (Phi) is 3.20. The second-order valence-corrected chi connectivity index (χ2v) is 5.38. The summed E-state index contributed by atoms with van der Waals surface area (Å²) in [5.74, 6) is 1.37. The van der Waals surface area contributed by atoms with E-state index in [1.165, 1.54) is 12.8 Å². The zero-order valence-corrected chi connectivity index (χ0v) is 10.4. The third kappa shape index (κ3) is 2.64. The summed E-state index contributed by atoms with van der Waals surface area (Å²) >= 11 is 0. The van der Waals surface area contributed by atoms with Gasteiger partial charge in [-0.05, 0) is 49.1 Å². The van der Waals surface area contributed by atoms with Crippen LogP contribution in [-0.2, 0) is 6.54 Å². The Hall–Kier alpha value is -1.16. The van der Waals surface area contributed by atoms with E-state index in [9.17, 15) is 4.39 Å². The number of hydrogen-bond acceptors (Lipinski definition) is 3. The van der Waals surface area contributed by atoms with Gasteiger partial charge in [0.05, 0.1) is 0 Å². The number of pyridine rings is 1. The highest BCUT2D eigenvalue weighted by Crippen LogP contribution is 2.44. The SMILES string of the molecule is NCc1cnc(OCC(F)C2CC2)c(C2CC2)c1. The number of aromatic nitrogens is 1. The van der Waals surface area contributed by atoms with Gasteiger partial charge in [0.25, 0.3) is 0 Å². The van der Waals surface area contributed by atoms with Crippen LogP contribution in [0, 0.1) is 5.92 Å². The summed E-state index contributed by atoms with van der Waals surface area (Å²) in [4.78, 5) is 4.29. The van der Waals surface area contributed by atoms with Crippen LogP contribution in [0.25, 0.3) is 0 Å². The van der Waals surface area contributed by atoms with E-state index >= 15 is 0 Å². The van der Waals surface area contributed by atoms with Gasteiger partial charge in [-0.15, -0.1) is 0 Å². The molecule has 0 radical (unpaired) electrons. The van der Waals surface area contributed by atoms with Gasteiger partial charge in [0.15, 0.2) is 0 Å². The van der Waals surface area contributed by atoms with Gasteiger partial charge < -0.3 is 10.5 Å². The number of nitrogens with zero attached hydrogens (tertiary/aromatic N) is 1. The fourth-order valence-corrected chi connectivity index (χ4v) is 2.19. The van der Waals surface area contributed by atoms with E-state index < -0.39 is 6.17 Å². The lowest BCUT2D eigenvalue weighted by atomic mass is 10.1. The topological polar surface area (TPSA) is 48.1 Å². The van der Waals surface area contributed by atoms with Crippen molar-refractivity contribution in [3.8, 4) is 5.88 Å². The normalized spacial score (nSPS) is 20.8. The van der Waals surface area contributed by atoms with Crippen molar-refractivity contribution in [3.63, 3.8) is 0 Å². The van der Waals surface area contributed by atoms with E-state index in [1.54, 1.807) is 6.20 Å². The van der Waals surface area contributed by atoms with Gasteiger partial charge in [-0.3, -0.25) is 0 Å². The first-order chi connectivity index (χ1) is 8.78. The molecule has 0 aromatic carbocycles. The lowest BCUT2D eigenvalue weighted by Crippen LogP contribution is -2.16. The molecule has 3 nitrogen and oxygen atoms in total. The van der Waals surface area contributed by atoms with E-state index in [2.05, 4.69) is 11.1 Å². The summed E-state index contributed by atoms with van der Waals surface area (Å²) in [6.45, 7) is 0.625. The standard InChI is InChI=1S/C14H19FN2O/c15-13(11-3-4-11)8-18-14-12(10-1-2-10)5-9(6-16)7-17-14/h5,7,10-11,13H,1-4,6,8,16H2. The first-order valence-corrected chi connectivity index (χ1v) is 6.73. The van der Waals surface area contributed by atoms with Gasteiger partial charge in [-0.25, -0.2) is 9.37 Å². The molecule has 3 rings (SSSR count). The summed E-state index contributed by atoms with van der Waals surface area (Å²) in [6.07, 6.45) is 5.24. The smallest absolute Gasteiger partial charge is 0.216 e. The van der Waals surface area contributed by atoms with Crippen molar-refractivity contribution in [3.05, 3.63) is 23.4 Å². The largest absolute Gasteiger partial charge is 0.474 e. The summed E-state index contributed by atoms with van der Waals surface area (Å²) in [7, 11) is 0.